The molecular weight excluding hydrogens is 483 g/mol. The number of hydrogen-bond donors (Lipinski definition) is 1. The van der Waals surface area contributed by atoms with Crippen molar-refractivity contribution in [3.63, 3.8) is 0 Å². The minimum absolute atomic E-state index is 0. The number of hydrogen-bond acceptors (Lipinski definition) is 4. The third-order valence-corrected chi connectivity index (χ3v) is 5.87. The first-order valence-electron chi connectivity index (χ1n) is 9.23. The highest BCUT2D eigenvalue weighted by Gasteiger charge is 2.22. The molecule has 28 heavy (non-hydrogen) atoms. The number of rotatable bonds is 5. The van der Waals surface area contributed by atoms with Gasteiger partial charge in [0, 0.05) is 30.7 Å². The zero-order chi connectivity index (χ0) is 18.6. The molecule has 148 valence electrons. The van der Waals surface area contributed by atoms with Gasteiger partial charge in [0.25, 0.3) is 0 Å². The molecule has 0 radical (unpaired) electrons. The van der Waals surface area contributed by atoms with Crippen LogP contribution in [0, 0.1) is 6.92 Å². The monoisotopic (exact) mass is 508 g/mol. The fourth-order valence-corrected chi connectivity index (χ4v) is 3.99. The van der Waals surface area contributed by atoms with Crippen molar-refractivity contribution in [2.75, 3.05) is 18.0 Å². The third kappa shape index (κ3) is 4.54. The first-order chi connectivity index (χ1) is 13.2. The van der Waals surface area contributed by atoms with Crippen molar-refractivity contribution in [3.05, 3.63) is 63.9 Å². The van der Waals surface area contributed by atoms with Gasteiger partial charge >= 0.3 is 0 Å². The lowest BCUT2D eigenvalue weighted by atomic mass is 10.2. The van der Waals surface area contributed by atoms with E-state index in [1.165, 1.54) is 16.1 Å². The molecule has 8 heteroatoms. The van der Waals surface area contributed by atoms with E-state index in [2.05, 4.69) is 62.2 Å². The number of anilines is 1. The van der Waals surface area contributed by atoms with E-state index in [1.807, 2.05) is 18.5 Å². The van der Waals surface area contributed by atoms with Crippen molar-refractivity contribution in [1.82, 2.24) is 20.1 Å². The van der Waals surface area contributed by atoms with Gasteiger partial charge in [-0.2, -0.15) is 0 Å². The average Bonchev–Trinajstić information content (AvgIpc) is 3.41. The highest BCUT2D eigenvalue weighted by Crippen LogP contribution is 2.27. The summed E-state index contributed by atoms with van der Waals surface area (Å²) in [5.41, 5.74) is 2.62. The number of aliphatic imine (C=N–C) groups is 1. The summed E-state index contributed by atoms with van der Waals surface area (Å²) in [6.45, 7) is 4.27. The second-order valence-electron chi connectivity index (χ2n) is 6.65. The van der Waals surface area contributed by atoms with Crippen LogP contribution in [0.3, 0.4) is 0 Å². The number of nitrogens with zero attached hydrogens (tertiary/aromatic N) is 5. The second-order valence-corrected chi connectivity index (χ2v) is 7.68. The van der Waals surface area contributed by atoms with Crippen LogP contribution in [0.2, 0.25) is 0 Å². The topological polar surface area (TPSA) is 58.3 Å². The summed E-state index contributed by atoms with van der Waals surface area (Å²) in [6, 6.07) is 12.8. The normalized spacial score (nSPS) is 13.4. The Bertz CT molecular complexity index is 934. The number of guanidine groups is 1. The molecule has 0 saturated carbocycles. The predicted octanol–water partition coefficient (Wildman–Crippen LogP) is 3.55. The lowest BCUT2D eigenvalue weighted by Gasteiger charge is -2.22. The molecule has 0 unspecified atom stereocenters. The largest absolute Gasteiger partial charge is 0.356 e. The third-order valence-electron chi connectivity index (χ3n) is 4.93. The SMILES string of the molecule is Cc1nnc(CN=C(NCCc2cccs2)N2CCc3ccccc32)n1C.I. The minimum Gasteiger partial charge on any atom is -0.356 e. The average molecular weight is 508 g/mol. The highest BCUT2D eigenvalue weighted by molar-refractivity contribution is 14.0. The Morgan fingerprint density at radius 1 is 1.21 bits per heavy atom. The molecule has 1 aliphatic rings. The molecule has 3 aromatic rings. The smallest absolute Gasteiger partial charge is 0.198 e. The van der Waals surface area contributed by atoms with Gasteiger partial charge in [-0.3, -0.25) is 0 Å². The summed E-state index contributed by atoms with van der Waals surface area (Å²) >= 11 is 1.80. The van der Waals surface area contributed by atoms with Crippen molar-refractivity contribution < 1.29 is 0 Å². The number of nitrogens with one attached hydrogen (secondary N) is 1. The van der Waals surface area contributed by atoms with Crippen LogP contribution < -0.4 is 10.2 Å². The molecule has 0 aliphatic carbocycles. The van der Waals surface area contributed by atoms with Gasteiger partial charge in [0.1, 0.15) is 12.4 Å². The molecular formula is C20H25IN6S. The molecule has 0 bridgehead atoms. The molecule has 0 fully saturated rings. The Morgan fingerprint density at radius 2 is 2.07 bits per heavy atom. The molecule has 1 N–H and O–H groups in total. The van der Waals surface area contributed by atoms with Gasteiger partial charge in [0.15, 0.2) is 11.8 Å². The number of fused-ring (bicyclic) bond motifs is 1. The van der Waals surface area contributed by atoms with E-state index in [-0.39, 0.29) is 24.0 Å². The predicted molar refractivity (Wildman–Crippen MR) is 126 cm³/mol. The summed E-state index contributed by atoms with van der Waals surface area (Å²) in [5.74, 6) is 2.69. The molecule has 4 rings (SSSR count). The summed E-state index contributed by atoms with van der Waals surface area (Å²) in [6.07, 6.45) is 2.04. The first kappa shape index (κ1) is 20.8. The van der Waals surface area contributed by atoms with Gasteiger partial charge in [-0.25, -0.2) is 4.99 Å². The second kappa shape index (κ2) is 9.51. The molecule has 1 aliphatic heterocycles. The number of aromatic nitrogens is 3. The zero-order valence-electron chi connectivity index (χ0n) is 16.1. The maximum Gasteiger partial charge on any atom is 0.198 e. The van der Waals surface area contributed by atoms with E-state index in [0.717, 1.165) is 43.5 Å². The van der Waals surface area contributed by atoms with Crippen LogP contribution in [0.4, 0.5) is 5.69 Å². The van der Waals surface area contributed by atoms with E-state index < -0.39 is 0 Å². The molecule has 2 aromatic heterocycles. The minimum atomic E-state index is 0. The Kier molecular flexibility index (Phi) is 7.06. The van der Waals surface area contributed by atoms with Crippen LogP contribution in [0.25, 0.3) is 0 Å². The molecule has 0 atom stereocenters. The molecule has 6 nitrogen and oxygen atoms in total. The van der Waals surface area contributed by atoms with Crippen LogP contribution in [-0.4, -0.2) is 33.8 Å². The van der Waals surface area contributed by atoms with Gasteiger partial charge < -0.3 is 14.8 Å². The standard InChI is InChI=1S/C20H24N6S.HI/c1-15-23-24-19(25(15)2)14-22-20(21-11-9-17-7-5-13-27-17)26-12-10-16-6-3-4-8-18(16)26;/h3-8,13H,9-12,14H2,1-2H3,(H,21,22);1H. The number of benzene rings is 1. The van der Waals surface area contributed by atoms with E-state index in [1.54, 1.807) is 11.3 Å². The molecule has 1 aromatic carbocycles. The summed E-state index contributed by atoms with van der Waals surface area (Å²) in [7, 11) is 1.98. The number of halogens is 1. The fourth-order valence-electron chi connectivity index (χ4n) is 3.28. The van der Waals surface area contributed by atoms with Gasteiger partial charge in [0.2, 0.25) is 0 Å². The van der Waals surface area contributed by atoms with Crippen LogP contribution in [0.15, 0.2) is 46.8 Å². The van der Waals surface area contributed by atoms with E-state index >= 15 is 0 Å². The van der Waals surface area contributed by atoms with Crippen LogP contribution in [0.5, 0.6) is 0 Å². The first-order valence-corrected chi connectivity index (χ1v) is 10.1. The summed E-state index contributed by atoms with van der Waals surface area (Å²) < 4.78 is 1.99. The van der Waals surface area contributed by atoms with Gasteiger partial charge in [-0.15, -0.1) is 45.5 Å². The van der Waals surface area contributed by atoms with Crippen molar-refractivity contribution in [2.45, 2.75) is 26.3 Å². The van der Waals surface area contributed by atoms with Crippen LogP contribution in [0.1, 0.15) is 22.1 Å². The molecule has 0 spiro atoms. The molecule has 0 saturated heterocycles. The van der Waals surface area contributed by atoms with Gasteiger partial charge in [0.05, 0.1) is 0 Å². The summed E-state index contributed by atoms with van der Waals surface area (Å²) in [5, 5.41) is 14.1. The van der Waals surface area contributed by atoms with Crippen molar-refractivity contribution in [2.24, 2.45) is 12.0 Å². The summed E-state index contributed by atoms with van der Waals surface area (Å²) in [4.78, 5) is 8.55. The highest BCUT2D eigenvalue weighted by atomic mass is 127. The van der Waals surface area contributed by atoms with Crippen molar-refractivity contribution >= 4 is 47.0 Å². The zero-order valence-corrected chi connectivity index (χ0v) is 19.3. The quantitative estimate of drug-likeness (QED) is 0.326. The number of para-hydroxylation sites is 1. The lowest BCUT2D eigenvalue weighted by molar-refractivity contribution is 0.763. The maximum atomic E-state index is 4.88. The van der Waals surface area contributed by atoms with Crippen molar-refractivity contribution in [3.8, 4) is 0 Å². The van der Waals surface area contributed by atoms with Crippen molar-refractivity contribution in [1.29, 1.82) is 0 Å². The number of aryl methyl sites for hydroxylation is 1. The Labute approximate surface area is 186 Å². The van der Waals surface area contributed by atoms with E-state index in [4.69, 9.17) is 4.99 Å². The van der Waals surface area contributed by atoms with Gasteiger partial charge in [-0.1, -0.05) is 24.3 Å². The maximum absolute atomic E-state index is 4.88. The molecule has 0 amide bonds. The Hall–Kier alpha value is -1.94. The van der Waals surface area contributed by atoms with E-state index in [0.29, 0.717) is 6.54 Å². The van der Waals surface area contributed by atoms with E-state index in [9.17, 15) is 0 Å². The lowest BCUT2D eigenvalue weighted by Crippen LogP contribution is -2.41. The van der Waals surface area contributed by atoms with Gasteiger partial charge in [-0.05, 0) is 42.8 Å². The Balaban J connectivity index is 0.00000225. The number of thiophene rings is 1. The van der Waals surface area contributed by atoms with Crippen LogP contribution in [-0.2, 0) is 26.4 Å². The Morgan fingerprint density at radius 3 is 2.82 bits per heavy atom. The molecule has 3 heterocycles. The fraction of sp³-hybridized carbons (Fsp3) is 0.350. The van der Waals surface area contributed by atoms with Crippen LogP contribution >= 0.6 is 35.3 Å².